The topological polar surface area (TPSA) is 38.7 Å². The van der Waals surface area contributed by atoms with E-state index < -0.39 is 0 Å². The number of nitrogens with zero attached hydrogens (tertiary/aromatic N) is 3. The van der Waals surface area contributed by atoms with E-state index >= 15 is 0 Å². The third-order valence-corrected chi connectivity index (χ3v) is 9.91. The summed E-state index contributed by atoms with van der Waals surface area (Å²) in [6.07, 6.45) is 0. The van der Waals surface area contributed by atoms with Crippen LogP contribution in [0.15, 0.2) is 164 Å². The molecule has 9 aromatic rings. The van der Waals surface area contributed by atoms with Gasteiger partial charge in [-0.05, 0) is 51.2 Å². The molecule has 2 aromatic heterocycles. The van der Waals surface area contributed by atoms with Crippen molar-refractivity contribution in [3.8, 4) is 56.4 Å². The van der Waals surface area contributed by atoms with Gasteiger partial charge in [0.15, 0.2) is 17.5 Å². The summed E-state index contributed by atoms with van der Waals surface area (Å²) in [4.78, 5) is 15.1. The second kappa shape index (κ2) is 11.4. The van der Waals surface area contributed by atoms with Crippen LogP contribution in [0.2, 0.25) is 0 Å². The fourth-order valence-corrected chi connectivity index (χ4v) is 7.57. The molecule has 0 aliphatic heterocycles. The van der Waals surface area contributed by atoms with Crippen LogP contribution in [-0.2, 0) is 0 Å². The molecule has 4 heteroatoms. The Balaban J connectivity index is 1.19. The summed E-state index contributed by atoms with van der Waals surface area (Å²) >= 11 is 1.85. The molecule has 0 saturated carbocycles. The normalized spacial score (nSPS) is 11.4. The first-order chi connectivity index (χ1) is 23.3. The van der Waals surface area contributed by atoms with Gasteiger partial charge in [-0.2, -0.15) is 0 Å². The first-order valence-electron chi connectivity index (χ1n) is 15.7. The molecule has 0 fully saturated rings. The van der Waals surface area contributed by atoms with Gasteiger partial charge in [-0.15, -0.1) is 11.3 Å². The lowest BCUT2D eigenvalue weighted by Crippen LogP contribution is -2.00. The highest BCUT2D eigenvalue weighted by Crippen LogP contribution is 2.40. The summed E-state index contributed by atoms with van der Waals surface area (Å²) < 4.78 is 2.61. The molecule has 0 atom stereocenters. The van der Waals surface area contributed by atoms with Crippen molar-refractivity contribution in [1.82, 2.24) is 15.0 Å². The van der Waals surface area contributed by atoms with Gasteiger partial charge in [-0.1, -0.05) is 146 Å². The Hall–Kier alpha value is -5.97. The van der Waals surface area contributed by atoms with E-state index in [0.29, 0.717) is 17.5 Å². The Kier molecular flexibility index (Phi) is 6.65. The lowest BCUT2D eigenvalue weighted by atomic mass is 9.94. The van der Waals surface area contributed by atoms with Crippen molar-refractivity contribution in [2.75, 3.05) is 0 Å². The van der Waals surface area contributed by atoms with E-state index in [2.05, 4.69) is 127 Å². The van der Waals surface area contributed by atoms with Crippen LogP contribution in [0.25, 0.3) is 87.4 Å². The molecule has 0 unspecified atom stereocenters. The van der Waals surface area contributed by atoms with Gasteiger partial charge >= 0.3 is 0 Å². The summed E-state index contributed by atoms with van der Waals surface area (Å²) in [5.74, 6) is 1.96. The molecule has 0 spiro atoms. The molecular formula is C43H27N3S. The number of fused-ring (bicyclic) bond motifs is 4. The third kappa shape index (κ3) is 4.96. The zero-order chi connectivity index (χ0) is 31.2. The molecule has 220 valence electrons. The van der Waals surface area contributed by atoms with Gasteiger partial charge in [0.1, 0.15) is 0 Å². The number of hydrogen-bond acceptors (Lipinski definition) is 4. The number of hydrogen-bond donors (Lipinski definition) is 0. The predicted molar refractivity (Wildman–Crippen MR) is 197 cm³/mol. The summed E-state index contributed by atoms with van der Waals surface area (Å²) in [5.41, 5.74) is 7.61. The highest BCUT2D eigenvalue weighted by Gasteiger charge is 2.17. The SMILES string of the molecule is c1ccc(-c2ccc(-c3nc(-c4ccccc4)nc(-c4ccc(-c5ccc6c(c5)sc5ccccc56)c5ccccc45)n3)cc2)cc1. The minimum Gasteiger partial charge on any atom is -0.208 e. The smallest absolute Gasteiger partial charge is 0.164 e. The third-order valence-electron chi connectivity index (χ3n) is 8.77. The lowest BCUT2D eigenvalue weighted by Gasteiger charge is -2.13. The largest absolute Gasteiger partial charge is 0.208 e. The Morgan fingerprint density at radius 1 is 0.298 bits per heavy atom. The highest BCUT2D eigenvalue weighted by molar-refractivity contribution is 7.25. The first-order valence-corrected chi connectivity index (χ1v) is 16.5. The molecule has 0 radical (unpaired) electrons. The van der Waals surface area contributed by atoms with E-state index in [1.807, 2.05) is 47.7 Å². The zero-order valence-corrected chi connectivity index (χ0v) is 26.2. The second-order valence-electron chi connectivity index (χ2n) is 11.6. The molecule has 0 N–H and O–H groups in total. The van der Waals surface area contributed by atoms with Crippen LogP contribution in [-0.4, -0.2) is 15.0 Å². The zero-order valence-electron chi connectivity index (χ0n) is 25.3. The van der Waals surface area contributed by atoms with Crippen LogP contribution in [0.4, 0.5) is 0 Å². The summed E-state index contributed by atoms with van der Waals surface area (Å²) in [7, 11) is 0. The fourth-order valence-electron chi connectivity index (χ4n) is 6.42. The molecule has 3 nitrogen and oxygen atoms in total. The minimum absolute atomic E-state index is 0.650. The quantitative estimate of drug-likeness (QED) is 0.193. The van der Waals surface area contributed by atoms with Crippen LogP contribution in [0.5, 0.6) is 0 Å². The van der Waals surface area contributed by atoms with Crippen LogP contribution in [0.3, 0.4) is 0 Å². The van der Waals surface area contributed by atoms with Crippen molar-refractivity contribution in [1.29, 1.82) is 0 Å². The summed E-state index contributed by atoms with van der Waals surface area (Å²) in [6.45, 7) is 0. The Morgan fingerprint density at radius 2 is 0.766 bits per heavy atom. The molecule has 0 aliphatic carbocycles. The van der Waals surface area contributed by atoms with Gasteiger partial charge < -0.3 is 0 Å². The van der Waals surface area contributed by atoms with E-state index in [-0.39, 0.29) is 0 Å². The lowest BCUT2D eigenvalue weighted by molar-refractivity contribution is 1.08. The second-order valence-corrected chi connectivity index (χ2v) is 12.7. The van der Waals surface area contributed by atoms with Gasteiger partial charge in [0.25, 0.3) is 0 Å². The van der Waals surface area contributed by atoms with Gasteiger partial charge in [-0.3, -0.25) is 0 Å². The highest BCUT2D eigenvalue weighted by atomic mass is 32.1. The van der Waals surface area contributed by atoms with Gasteiger partial charge in [0.05, 0.1) is 0 Å². The van der Waals surface area contributed by atoms with Crippen molar-refractivity contribution < 1.29 is 0 Å². The first kappa shape index (κ1) is 27.3. The van der Waals surface area contributed by atoms with E-state index in [9.17, 15) is 0 Å². The molecule has 2 heterocycles. The number of aromatic nitrogens is 3. The minimum atomic E-state index is 0.650. The molecule has 0 amide bonds. The average Bonchev–Trinajstić information content (AvgIpc) is 3.53. The van der Waals surface area contributed by atoms with Crippen molar-refractivity contribution in [3.05, 3.63) is 164 Å². The average molecular weight is 618 g/mol. The molecular weight excluding hydrogens is 591 g/mol. The molecule has 9 rings (SSSR count). The van der Waals surface area contributed by atoms with Gasteiger partial charge in [-0.25, -0.2) is 15.0 Å². The molecule has 7 aromatic carbocycles. The summed E-state index contributed by atoms with van der Waals surface area (Å²) in [6, 6.07) is 57.4. The van der Waals surface area contributed by atoms with Gasteiger partial charge in [0, 0.05) is 36.9 Å². The van der Waals surface area contributed by atoms with Crippen LogP contribution >= 0.6 is 11.3 Å². The van der Waals surface area contributed by atoms with Crippen LogP contribution < -0.4 is 0 Å². The van der Waals surface area contributed by atoms with Crippen LogP contribution in [0.1, 0.15) is 0 Å². The molecule has 47 heavy (non-hydrogen) atoms. The maximum atomic E-state index is 5.10. The van der Waals surface area contributed by atoms with Crippen molar-refractivity contribution in [3.63, 3.8) is 0 Å². The molecule has 0 saturated heterocycles. The van der Waals surface area contributed by atoms with Crippen molar-refractivity contribution in [2.24, 2.45) is 0 Å². The van der Waals surface area contributed by atoms with E-state index in [1.54, 1.807) is 0 Å². The standard InChI is InChI=1S/C43H27N3S/c1-3-11-28(12-4-1)29-19-21-31(22-20-29)42-44-41(30-13-5-2-6-14-30)45-43(46-42)38-26-25-33(34-15-7-8-16-35(34)38)32-23-24-37-36-17-9-10-18-39(36)47-40(37)27-32/h1-27H. The molecule has 0 aliphatic rings. The Morgan fingerprint density at radius 3 is 1.49 bits per heavy atom. The van der Waals surface area contributed by atoms with Crippen LogP contribution in [0, 0.1) is 0 Å². The number of benzene rings is 7. The number of thiophene rings is 1. The van der Waals surface area contributed by atoms with Crippen molar-refractivity contribution in [2.45, 2.75) is 0 Å². The fraction of sp³-hybridized carbons (Fsp3) is 0. The number of rotatable bonds is 5. The monoisotopic (exact) mass is 617 g/mol. The van der Waals surface area contributed by atoms with Crippen molar-refractivity contribution >= 4 is 42.3 Å². The Bertz CT molecular complexity index is 2550. The maximum Gasteiger partial charge on any atom is 0.164 e. The van der Waals surface area contributed by atoms with E-state index in [4.69, 9.17) is 15.0 Å². The molecule has 0 bridgehead atoms. The Labute approximate surface area is 276 Å². The van der Waals surface area contributed by atoms with Gasteiger partial charge in [0.2, 0.25) is 0 Å². The summed E-state index contributed by atoms with van der Waals surface area (Å²) in [5, 5.41) is 4.89. The maximum absolute atomic E-state index is 5.10. The van der Waals surface area contributed by atoms with E-state index in [0.717, 1.165) is 27.6 Å². The predicted octanol–water partition coefficient (Wildman–Crippen LogP) is 11.7. The van der Waals surface area contributed by atoms with E-state index in [1.165, 1.54) is 42.2 Å².